The number of anilines is 1. The molecule has 0 aromatic carbocycles. The summed E-state index contributed by atoms with van der Waals surface area (Å²) in [5, 5.41) is 22.6. The number of hydrogen-bond donors (Lipinski definition) is 2. The number of amides is 1. The van der Waals surface area contributed by atoms with Crippen molar-refractivity contribution in [3.63, 3.8) is 0 Å². The van der Waals surface area contributed by atoms with E-state index in [2.05, 4.69) is 27.3 Å². The number of carboxylic acids is 1. The highest BCUT2D eigenvalue weighted by molar-refractivity contribution is 7.15. The molecule has 3 heterocycles. The molecule has 2 aliphatic rings. The fourth-order valence-corrected chi connectivity index (χ4v) is 4.37. The molecule has 2 N–H and O–H groups in total. The van der Waals surface area contributed by atoms with Crippen molar-refractivity contribution >= 4 is 28.3 Å². The summed E-state index contributed by atoms with van der Waals surface area (Å²) in [4.78, 5) is 25.2. The summed E-state index contributed by atoms with van der Waals surface area (Å²) in [5.41, 5.74) is -0.587. The third-order valence-electron chi connectivity index (χ3n) is 4.59. The lowest BCUT2D eigenvalue weighted by atomic mass is 9.78. The van der Waals surface area contributed by atoms with Gasteiger partial charge in [-0.15, -0.1) is 10.2 Å². The van der Waals surface area contributed by atoms with Gasteiger partial charge < -0.3 is 15.3 Å². The molecule has 2 fully saturated rings. The molecule has 1 aromatic rings. The molecule has 3 rings (SSSR count). The van der Waals surface area contributed by atoms with Crippen molar-refractivity contribution in [2.24, 2.45) is 5.92 Å². The second-order valence-electron chi connectivity index (χ2n) is 6.01. The van der Waals surface area contributed by atoms with Crippen LogP contribution in [0.2, 0.25) is 0 Å². The maximum absolute atomic E-state index is 11.6. The standard InChI is InChI=1S/C14H20N4O3S/c1-2-3-11-16-17-13(22-11)18-6-4-14(5-7-18)9(12(20)21)8-10(19)15-14/h9H,2-8H2,1H3,(H,15,19)(H,20,21). The number of carboxylic acid groups (broad SMARTS) is 1. The molecule has 120 valence electrons. The van der Waals surface area contributed by atoms with Crippen molar-refractivity contribution in [1.29, 1.82) is 0 Å². The summed E-state index contributed by atoms with van der Waals surface area (Å²) < 4.78 is 0. The van der Waals surface area contributed by atoms with E-state index in [0.29, 0.717) is 25.9 Å². The first kappa shape index (κ1) is 15.2. The molecule has 0 radical (unpaired) electrons. The molecule has 1 spiro atoms. The number of carbonyl (C=O) groups excluding carboxylic acids is 1. The van der Waals surface area contributed by atoms with Crippen LogP contribution in [0.1, 0.15) is 37.6 Å². The van der Waals surface area contributed by atoms with Gasteiger partial charge in [-0.2, -0.15) is 0 Å². The largest absolute Gasteiger partial charge is 0.481 e. The van der Waals surface area contributed by atoms with Crippen LogP contribution in [-0.2, 0) is 16.0 Å². The van der Waals surface area contributed by atoms with Gasteiger partial charge in [0, 0.05) is 25.9 Å². The van der Waals surface area contributed by atoms with Crippen LogP contribution >= 0.6 is 11.3 Å². The number of rotatable bonds is 4. The number of aryl methyl sites for hydroxylation is 1. The molecular weight excluding hydrogens is 304 g/mol. The van der Waals surface area contributed by atoms with E-state index in [0.717, 1.165) is 23.0 Å². The fraction of sp³-hybridized carbons (Fsp3) is 0.714. The monoisotopic (exact) mass is 324 g/mol. The zero-order valence-corrected chi connectivity index (χ0v) is 13.4. The SMILES string of the molecule is CCCc1nnc(N2CCC3(CC2)NC(=O)CC3C(=O)O)s1. The van der Waals surface area contributed by atoms with Crippen molar-refractivity contribution in [2.75, 3.05) is 18.0 Å². The van der Waals surface area contributed by atoms with Crippen LogP contribution in [0.5, 0.6) is 0 Å². The number of carbonyl (C=O) groups is 2. The lowest BCUT2D eigenvalue weighted by Crippen LogP contribution is -2.55. The maximum atomic E-state index is 11.6. The quantitative estimate of drug-likeness (QED) is 0.859. The molecule has 1 amide bonds. The average Bonchev–Trinajstić information content (AvgIpc) is 3.06. The van der Waals surface area contributed by atoms with Crippen LogP contribution in [-0.4, -0.2) is 45.8 Å². The summed E-state index contributed by atoms with van der Waals surface area (Å²) >= 11 is 1.60. The minimum atomic E-state index is -0.882. The molecule has 2 saturated heterocycles. The predicted molar refractivity (Wildman–Crippen MR) is 82.0 cm³/mol. The highest BCUT2D eigenvalue weighted by atomic mass is 32.1. The fourth-order valence-electron chi connectivity index (χ4n) is 3.38. The Balaban J connectivity index is 1.68. The van der Waals surface area contributed by atoms with E-state index in [1.165, 1.54) is 0 Å². The van der Waals surface area contributed by atoms with Crippen LogP contribution in [0, 0.1) is 5.92 Å². The van der Waals surface area contributed by atoms with Gasteiger partial charge in [0.1, 0.15) is 5.01 Å². The van der Waals surface area contributed by atoms with E-state index in [1.54, 1.807) is 11.3 Å². The molecule has 0 bridgehead atoms. The summed E-state index contributed by atoms with van der Waals surface area (Å²) in [7, 11) is 0. The van der Waals surface area contributed by atoms with Gasteiger partial charge in [0.2, 0.25) is 11.0 Å². The van der Waals surface area contributed by atoms with E-state index in [9.17, 15) is 14.7 Å². The van der Waals surface area contributed by atoms with Gasteiger partial charge in [-0.1, -0.05) is 18.3 Å². The molecule has 1 aromatic heterocycles. The highest BCUT2D eigenvalue weighted by Crippen LogP contribution is 2.38. The zero-order valence-electron chi connectivity index (χ0n) is 12.5. The normalized spacial score (nSPS) is 23.8. The van der Waals surface area contributed by atoms with Crippen LogP contribution in [0.15, 0.2) is 0 Å². The minimum Gasteiger partial charge on any atom is -0.481 e. The second kappa shape index (κ2) is 5.83. The van der Waals surface area contributed by atoms with E-state index in [4.69, 9.17) is 0 Å². The van der Waals surface area contributed by atoms with E-state index >= 15 is 0 Å². The average molecular weight is 324 g/mol. The summed E-state index contributed by atoms with van der Waals surface area (Å²) in [6, 6.07) is 0. The Morgan fingerprint density at radius 1 is 1.45 bits per heavy atom. The van der Waals surface area contributed by atoms with Crippen LogP contribution in [0.3, 0.4) is 0 Å². The van der Waals surface area contributed by atoms with E-state index in [-0.39, 0.29) is 12.3 Å². The van der Waals surface area contributed by atoms with Crippen LogP contribution < -0.4 is 10.2 Å². The van der Waals surface area contributed by atoms with Gasteiger partial charge in [-0.25, -0.2) is 0 Å². The van der Waals surface area contributed by atoms with Gasteiger partial charge in [-0.05, 0) is 19.3 Å². The first-order valence-corrected chi connectivity index (χ1v) is 8.47. The Bertz CT molecular complexity index is 580. The Labute approximate surface area is 132 Å². The van der Waals surface area contributed by atoms with Crippen molar-refractivity contribution < 1.29 is 14.7 Å². The molecule has 7 nitrogen and oxygen atoms in total. The van der Waals surface area contributed by atoms with E-state index in [1.807, 2.05) is 0 Å². The molecule has 0 saturated carbocycles. The predicted octanol–water partition coefficient (Wildman–Crippen LogP) is 1.05. The molecule has 8 heteroatoms. The topological polar surface area (TPSA) is 95.4 Å². The second-order valence-corrected chi connectivity index (χ2v) is 7.06. The Kier molecular flexibility index (Phi) is 4.03. The summed E-state index contributed by atoms with van der Waals surface area (Å²) in [6.07, 6.45) is 3.35. The van der Waals surface area contributed by atoms with Gasteiger partial charge >= 0.3 is 5.97 Å². The van der Waals surface area contributed by atoms with Crippen molar-refractivity contribution in [1.82, 2.24) is 15.5 Å². The van der Waals surface area contributed by atoms with Crippen molar-refractivity contribution in [3.05, 3.63) is 5.01 Å². The zero-order chi connectivity index (χ0) is 15.7. The maximum Gasteiger partial charge on any atom is 0.309 e. The lowest BCUT2D eigenvalue weighted by molar-refractivity contribution is -0.144. The summed E-state index contributed by atoms with van der Waals surface area (Å²) in [5.74, 6) is -1.65. The molecule has 2 aliphatic heterocycles. The molecule has 22 heavy (non-hydrogen) atoms. The van der Waals surface area contributed by atoms with E-state index < -0.39 is 17.4 Å². The molecular formula is C14H20N4O3S. The Morgan fingerprint density at radius 2 is 2.18 bits per heavy atom. The number of piperidine rings is 1. The third kappa shape index (κ3) is 2.67. The lowest BCUT2D eigenvalue weighted by Gasteiger charge is -2.41. The molecule has 1 unspecified atom stereocenters. The Morgan fingerprint density at radius 3 is 2.82 bits per heavy atom. The smallest absolute Gasteiger partial charge is 0.309 e. The van der Waals surface area contributed by atoms with Crippen LogP contribution in [0.4, 0.5) is 5.13 Å². The minimum absolute atomic E-state index is 0.0921. The van der Waals surface area contributed by atoms with Crippen molar-refractivity contribution in [2.45, 2.75) is 44.6 Å². The first-order valence-electron chi connectivity index (χ1n) is 7.65. The van der Waals surface area contributed by atoms with Gasteiger partial charge in [0.25, 0.3) is 0 Å². The number of aromatic nitrogens is 2. The number of aliphatic carboxylic acids is 1. The molecule has 1 atom stereocenters. The first-order chi connectivity index (χ1) is 10.5. The van der Waals surface area contributed by atoms with Gasteiger partial charge in [0.05, 0.1) is 11.5 Å². The molecule has 0 aliphatic carbocycles. The van der Waals surface area contributed by atoms with Gasteiger partial charge in [-0.3, -0.25) is 9.59 Å². The van der Waals surface area contributed by atoms with Crippen LogP contribution in [0.25, 0.3) is 0 Å². The number of nitrogens with zero attached hydrogens (tertiary/aromatic N) is 3. The Hall–Kier alpha value is -1.70. The summed E-state index contributed by atoms with van der Waals surface area (Å²) in [6.45, 7) is 3.51. The number of hydrogen-bond acceptors (Lipinski definition) is 6. The number of nitrogens with one attached hydrogen (secondary N) is 1. The van der Waals surface area contributed by atoms with Crippen molar-refractivity contribution in [3.8, 4) is 0 Å². The highest BCUT2D eigenvalue weighted by Gasteiger charge is 2.51. The third-order valence-corrected chi connectivity index (χ3v) is 5.63. The van der Waals surface area contributed by atoms with Gasteiger partial charge in [0.15, 0.2) is 0 Å².